The van der Waals surface area contributed by atoms with Crippen molar-refractivity contribution >= 4 is 11.8 Å². The molecule has 1 rings (SSSR count). The fourth-order valence-electron chi connectivity index (χ4n) is 3.02. The van der Waals surface area contributed by atoms with Crippen molar-refractivity contribution in [1.29, 1.82) is 0 Å². The summed E-state index contributed by atoms with van der Waals surface area (Å²) in [5, 5.41) is 11.1. The molecule has 1 aliphatic carbocycles. The zero-order valence-corrected chi connectivity index (χ0v) is 13.7. The van der Waals surface area contributed by atoms with Crippen LogP contribution in [0.4, 0.5) is 0 Å². The summed E-state index contributed by atoms with van der Waals surface area (Å²) in [4.78, 5) is 23.1. The lowest BCUT2D eigenvalue weighted by Gasteiger charge is -2.52. The number of ether oxygens (including phenoxy) is 1. The molecule has 0 saturated heterocycles. The second-order valence-electron chi connectivity index (χ2n) is 6.97. The fraction of sp³-hybridized carbons (Fsp3) is 0.647. The highest BCUT2D eigenvalue weighted by Gasteiger charge is 2.57. The summed E-state index contributed by atoms with van der Waals surface area (Å²) in [6.07, 6.45) is 1.87. The largest absolute Gasteiger partial charge is 0.466 e. The number of hydrogen-bond donors (Lipinski definition) is 1. The minimum atomic E-state index is -1.31. The Hall–Kier alpha value is -1.60. The smallest absolute Gasteiger partial charge is 0.331 e. The van der Waals surface area contributed by atoms with Crippen LogP contribution in [-0.2, 0) is 14.3 Å². The number of carbonyl (C=O) groups is 2. The normalized spacial score (nSPS) is 23.0. The van der Waals surface area contributed by atoms with Crippen molar-refractivity contribution in [3.05, 3.63) is 11.6 Å². The van der Waals surface area contributed by atoms with Gasteiger partial charge in [-0.25, -0.2) is 4.79 Å². The lowest BCUT2D eigenvalue weighted by Crippen LogP contribution is -2.59. The van der Waals surface area contributed by atoms with E-state index in [2.05, 4.69) is 16.6 Å². The summed E-state index contributed by atoms with van der Waals surface area (Å²) >= 11 is 0. The molecule has 21 heavy (non-hydrogen) atoms. The zero-order chi connectivity index (χ0) is 16.5. The molecule has 116 valence electrons. The average Bonchev–Trinajstić information content (AvgIpc) is 2.32. The Labute approximate surface area is 126 Å². The lowest BCUT2D eigenvalue weighted by atomic mass is 9.54. The second-order valence-corrected chi connectivity index (χ2v) is 6.97. The minimum Gasteiger partial charge on any atom is -0.466 e. The molecule has 0 aromatic heterocycles. The quantitative estimate of drug-likeness (QED) is 0.457. The fourth-order valence-corrected chi connectivity index (χ4v) is 3.02. The Kier molecular flexibility index (Phi) is 4.70. The van der Waals surface area contributed by atoms with Gasteiger partial charge in [0.25, 0.3) is 0 Å². The molecule has 0 aromatic carbocycles. The van der Waals surface area contributed by atoms with Gasteiger partial charge < -0.3 is 9.84 Å². The van der Waals surface area contributed by atoms with E-state index in [1.165, 1.54) is 13.2 Å². The maximum absolute atomic E-state index is 11.9. The predicted molar refractivity (Wildman–Crippen MR) is 80.3 cm³/mol. The molecule has 0 radical (unpaired) electrons. The lowest BCUT2D eigenvalue weighted by molar-refractivity contribution is -0.157. The van der Waals surface area contributed by atoms with E-state index >= 15 is 0 Å². The molecule has 1 fully saturated rings. The van der Waals surface area contributed by atoms with Crippen LogP contribution in [0.1, 0.15) is 47.5 Å². The summed E-state index contributed by atoms with van der Waals surface area (Å²) in [7, 11) is 1.30. The number of allylic oxidation sites excluding steroid dienone is 1. The van der Waals surface area contributed by atoms with Crippen LogP contribution in [0.2, 0.25) is 0 Å². The van der Waals surface area contributed by atoms with Crippen LogP contribution in [0.3, 0.4) is 0 Å². The van der Waals surface area contributed by atoms with Gasteiger partial charge in [0.2, 0.25) is 0 Å². The molecule has 0 aromatic rings. The van der Waals surface area contributed by atoms with Crippen molar-refractivity contribution in [3.8, 4) is 11.8 Å². The summed E-state index contributed by atoms with van der Waals surface area (Å²) in [5.41, 5.74) is -2.09. The third-order valence-corrected chi connectivity index (χ3v) is 4.21. The number of aliphatic hydroxyl groups is 1. The van der Waals surface area contributed by atoms with Gasteiger partial charge in [-0.05, 0) is 6.92 Å². The number of methoxy groups -OCH3 is 1. The first-order valence-electron chi connectivity index (χ1n) is 6.99. The van der Waals surface area contributed by atoms with E-state index in [9.17, 15) is 14.7 Å². The van der Waals surface area contributed by atoms with Crippen LogP contribution in [0.15, 0.2) is 11.6 Å². The van der Waals surface area contributed by atoms with Crippen LogP contribution in [0.5, 0.6) is 0 Å². The summed E-state index contributed by atoms with van der Waals surface area (Å²) in [5.74, 6) is 5.40. The van der Waals surface area contributed by atoms with Crippen molar-refractivity contribution < 1.29 is 19.4 Å². The first-order valence-corrected chi connectivity index (χ1v) is 6.99. The first kappa shape index (κ1) is 17.5. The standard InChI is InChI=1S/C17H24O4/c1-12(9-14(19)21-6)7-8-17(20)15(2,3)10-13(18)11-16(17,4)5/h9,20H,10-11H2,1-6H3/b12-9-. The van der Waals surface area contributed by atoms with Gasteiger partial charge in [0.1, 0.15) is 11.4 Å². The molecular weight excluding hydrogens is 268 g/mol. The molecule has 1 saturated carbocycles. The number of carbonyl (C=O) groups excluding carboxylic acids is 2. The average molecular weight is 292 g/mol. The molecule has 0 unspecified atom stereocenters. The van der Waals surface area contributed by atoms with E-state index in [1.54, 1.807) is 6.92 Å². The molecule has 1 aliphatic rings. The van der Waals surface area contributed by atoms with Crippen molar-refractivity contribution in [2.24, 2.45) is 10.8 Å². The van der Waals surface area contributed by atoms with Crippen LogP contribution in [0, 0.1) is 22.7 Å². The number of hydrogen-bond acceptors (Lipinski definition) is 4. The van der Waals surface area contributed by atoms with Gasteiger partial charge in [0.05, 0.1) is 7.11 Å². The van der Waals surface area contributed by atoms with Crippen molar-refractivity contribution in [2.75, 3.05) is 7.11 Å². The highest BCUT2D eigenvalue weighted by atomic mass is 16.5. The maximum Gasteiger partial charge on any atom is 0.331 e. The van der Waals surface area contributed by atoms with E-state index in [-0.39, 0.29) is 5.78 Å². The van der Waals surface area contributed by atoms with Gasteiger partial charge in [0, 0.05) is 35.3 Å². The van der Waals surface area contributed by atoms with Gasteiger partial charge >= 0.3 is 5.97 Å². The Morgan fingerprint density at radius 1 is 1.24 bits per heavy atom. The third-order valence-electron chi connectivity index (χ3n) is 4.21. The Bertz CT molecular complexity index is 521. The minimum absolute atomic E-state index is 0.137. The van der Waals surface area contributed by atoms with E-state index in [0.717, 1.165) is 0 Å². The predicted octanol–water partition coefficient (Wildman–Crippen LogP) is 2.26. The van der Waals surface area contributed by atoms with Crippen LogP contribution >= 0.6 is 0 Å². The van der Waals surface area contributed by atoms with Gasteiger partial charge in [-0.15, -0.1) is 0 Å². The molecule has 0 atom stereocenters. The number of esters is 1. The zero-order valence-electron chi connectivity index (χ0n) is 13.7. The molecule has 0 amide bonds. The Morgan fingerprint density at radius 2 is 1.71 bits per heavy atom. The van der Waals surface area contributed by atoms with Crippen LogP contribution in [0.25, 0.3) is 0 Å². The van der Waals surface area contributed by atoms with Crippen LogP contribution < -0.4 is 0 Å². The number of rotatable bonds is 1. The highest BCUT2D eigenvalue weighted by molar-refractivity contribution is 5.83. The molecule has 0 heterocycles. The molecule has 4 heteroatoms. The molecule has 0 spiro atoms. The summed E-state index contributed by atoms with van der Waals surface area (Å²) < 4.78 is 4.54. The SMILES string of the molecule is COC(=O)/C=C(/C)C#CC1(O)C(C)(C)CC(=O)CC1(C)C. The second kappa shape index (κ2) is 5.65. The molecular formula is C17H24O4. The van der Waals surface area contributed by atoms with E-state index in [0.29, 0.717) is 18.4 Å². The van der Waals surface area contributed by atoms with Crippen molar-refractivity contribution in [3.63, 3.8) is 0 Å². The van der Waals surface area contributed by atoms with Crippen molar-refractivity contribution in [2.45, 2.75) is 53.1 Å². The Balaban J connectivity index is 3.22. The van der Waals surface area contributed by atoms with E-state index in [1.807, 2.05) is 27.7 Å². The molecule has 4 nitrogen and oxygen atoms in total. The van der Waals surface area contributed by atoms with E-state index in [4.69, 9.17) is 0 Å². The third kappa shape index (κ3) is 3.36. The van der Waals surface area contributed by atoms with Gasteiger partial charge in [-0.1, -0.05) is 39.5 Å². The van der Waals surface area contributed by atoms with E-state index < -0.39 is 22.4 Å². The molecule has 0 aliphatic heterocycles. The monoisotopic (exact) mass is 292 g/mol. The van der Waals surface area contributed by atoms with Gasteiger partial charge in [-0.2, -0.15) is 0 Å². The number of ketones is 1. The summed E-state index contributed by atoms with van der Waals surface area (Å²) in [6.45, 7) is 9.07. The molecule has 0 bridgehead atoms. The highest BCUT2D eigenvalue weighted by Crippen LogP contribution is 2.52. The van der Waals surface area contributed by atoms with Crippen molar-refractivity contribution in [1.82, 2.24) is 0 Å². The topological polar surface area (TPSA) is 63.6 Å². The Morgan fingerprint density at radius 3 is 2.14 bits per heavy atom. The molecule has 1 N–H and O–H groups in total. The van der Waals surface area contributed by atoms with Gasteiger partial charge in [-0.3, -0.25) is 4.79 Å². The van der Waals surface area contributed by atoms with Gasteiger partial charge in [0.15, 0.2) is 0 Å². The number of Topliss-reactive ketones (excluding diaryl/α,β-unsaturated/α-hetero) is 1. The maximum atomic E-state index is 11.9. The summed E-state index contributed by atoms with van der Waals surface area (Å²) in [6, 6.07) is 0. The first-order chi connectivity index (χ1) is 9.45. The van der Waals surface area contributed by atoms with Crippen LogP contribution in [-0.4, -0.2) is 29.6 Å².